The van der Waals surface area contributed by atoms with Gasteiger partial charge in [-0.3, -0.25) is 9.59 Å². The molecule has 0 amide bonds. The largest absolute Gasteiger partial charge is 0.459 e. The number of hydrogen-bond acceptors (Lipinski definition) is 8. The summed E-state index contributed by atoms with van der Waals surface area (Å²) in [5.41, 5.74) is 8.83. The highest BCUT2D eigenvalue weighted by Crippen LogP contribution is 2.40. The van der Waals surface area contributed by atoms with Crippen molar-refractivity contribution in [3.05, 3.63) is 10.4 Å². The van der Waals surface area contributed by atoms with Crippen molar-refractivity contribution in [2.75, 3.05) is 0 Å². The number of azide groups is 1. The van der Waals surface area contributed by atoms with E-state index in [1.807, 2.05) is 0 Å². The lowest BCUT2D eigenvalue weighted by atomic mass is 9.78. The number of nitrogens with zero attached hydrogens (tertiary/aromatic N) is 3. The maximum Gasteiger partial charge on any atom is 0.303 e. The number of halogens is 1. The summed E-state index contributed by atoms with van der Waals surface area (Å²) in [5, 5.41) is 13.8. The Bertz CT molecular complexity index is 651. The standard InChI is InChI=1S/C17H26FN3O7/c1-6-12(26-9(3)23)15(27-10(4)24)14-11(7-8(2)22)13(20-21-19)16(18)17(5,25)28-14/h11-16,25H,6-7H2,1-5H3/t11-,12-,13+,14?,15-,16?,17-/m1/s1. The van der Waals surface area contributed by atoms with Crippen molar-refractivity contribution in [1.82, 2.24) is 0 Å². The van der Waals surface area contributed by atoms with Crippen LogP contribution in [-0.2, 0) is 28.6 Å². The molecule has 1 fully saturated rings. The molecule has 1 rings (SSSR count). The Morgan fingerprint density at radius 3 is 2.29 bits per heavy atom. The lowest BCUT2D eigenvalue weighted by Crippen LogP contribution is -2.63. The van der Waals surface area contributed by atoms with Crippen molar-refractivity contribution in [2.24, 2.45) is 11.0 Å². The molecule has 7 atom stereocenters. The van der Waals surface area contributed by atoms with Crippen molar-refractivity contribution in [3.8, 4) is 0 Å². The third-order valence-corrected chi connectivity index (χ3v) is 4.47. The van der Waals surface area contributed by atoms with Crippen molar-refractivity contribution >= 4 is 17.7 Å². The van der Waals surface area contributed by atoms with Crippen LogP contribution in [0.5, 0.6) is 0 Å². The van der Waals surface area contributed by atoms with E-state index in [4.69, 9.17) is 19.7 Å². The van der Waals surface area contributed by atoms with Gasteiger partial charge in [0.1, 0.15) is 18.0 Å². The van der Waals surface area contributed by atoms with Crippen LogP contribution in [0.4, 0.5) is 4.39 Å². The topological polar surface area (TPSA) is 148 Å². The van der Waals surface area contributed by atoms with Crippen LogP contribution in [0.25, 0.3) is 10.4 Å². The summed E-state index contributed by atoms with van der Waals surface area (Å²) in [7, 11) is 0. The van der Waals surface area contributed by atoms with Gasteiger partial charge in [0.05, 0.1) is 6.04 Å². The molecule has 158 valence electrons. The van der Waals surface area contributed by atoms with Crippen LogP contribution in [0.3, 0.4) is 0 Å². The molecule has 1 saturated heterocycles. The lowest BCUT2D eigenvalue weighted by molar-refractivity contribution is -0.313. The zero-order valence-corrected chi connectivity index (χ0v) is 16.5. The molecule has 0 bridgehead atoms. The fourth-order valence-electron chi connectivity index (χ4n) is 3.38. The Labute approximate surface area is 161 Å². The number of aliphatic hydroxyl groups is 1. The zero-order chi connectivity index (χ0) is 21.6. The van der Waals surface area contributed by atoms with Crippen molar-refractivity contribution in [1.29, 1.82) is 0 Å². The van der Waals surface area contributed by atoms with Gasteiger partial charge in [-0.05, 0) is 25.8 Å². The number of Topliss-reactive ketones (excluding diaryl/α,β-unsaturated/α-hetero) is 1. The van der Waals surface area contributed by atoms with Gasteiger partial charge in [0.15, 0.2) is 18.1 Å². The Balaban J connectivity index is 3.48. The maximum absolute atomic E-state index is 14.8. The van der Waals surface area contributed by atoms with E-state index in [2.05, 4.69) is 10.0 Å². The highest BCUT2D eigenvalue weighted by atomic mass is 19.1. The summed E-state index contributed by atoms with van der Waals surface area (Å²) in [4.78, 5) is 37.5. The van der Waals surface area contributed by atoms with Gasteiger partial charge in [0, 0.05) is 31.1 Å². The van der Waals surface area contributed by atoms with E-state index < -0.39 is 54.2 Å². The molecule has 0 spiro atoms. The van der Waals surface area contributed by atoms with Gasteiger partial charge in [0.25, 0.3) is 0 Å². The first kappa shape index (κ1) is 23.8. The SMILES string of the molecule is CC[C@@H](OC(C)=O)[C@@H](OC(C)=O)C1O[C@@](C)(O)C(F)[C@@H](N=[N+]=[N-])[C@H]1CC(C)=O. The quantitative estimate of drug-likeness (QED) is 0.282. The second-order valence-corrected chi connectivity index (χ2v) is 6.93. The summed E-state index contributed by atoms with van der Waals surface area (Å²) in [6.45, 7) is 6.24. The average Bonchev–Trinajstić information content (AvgIpc) is 2.56. The number of carbonyl (C=O) groups excluding carboxylic acids is 3. The summed E-state index contributed by atoms with van der Waals surface area (Å²) >= 11 is 0. The first-order valence-corrected chi connectivity index (χ1v) is 8.86. The molecule has 11 heteroatoms. The van der Waals surface area contributed by atoms with Gasteiger partial charge < -0.3 is 24.1 Å². The lowest BCUT2D eigenvalue weighted by Gasteiger charge is -2.48. The molecular weight excluding hydrogens is 377 g/mol. The fourth-order valence-corrected chi connectivity index (χ4v) is 3.38. The molecule has 0 aromatic rings. The number of rotatable bonds is 8. The highest BCUT2D eigenvalue weighted by Gasteiger charge is 2.56. The molecule has 28 heavy (non-hydrogen) atoms. The van der Waals surface area contributed by atoms with E-state index in [1.54, 1.807) is 6.92 Å². The van der Waals surface area contributed by atoms with Crippen LogP contribution in [0.15, 0.2) is 5.11 Å². The molecule has 0 aromatic heterocycles. The first-order valence-electron chi connectivity index (χ1n) is 8.86. The predicted octanol–water partition coefficient (Wildman–Crippen LogP) is 1.98. The third-order valence-electron chi connectivity index (χ3n) is 4.47. The minimum absolute atomic E-state index is 0.206. The highest BCUT2D eigenvalue weighted by molar-refractivity contribution is 5.76. The van der Waals surface area contributed by atoms with E-state index >= 15 is 0 Å². The molecule has 0 radical (unpaired) electrons. The Morgan fingerprint density at radius 1 is 1.29 bits per heavy atom. The summed E-state index contributed by atoms with van der Waals surface area (Å²) < 4.78 is 30.7. The van der Waals surface area contributed by atoms with E-state index in [1.165, 1.54) is 13.8 Å². The van der Waals surface area contributed by atoms with Gasteiger partial charge in [-0.25, -0.2) is 4.39 Å². The number of esters is 2. The van der Waals surface area contributed by atoms with Crippen LogP contribution in [0.1, 0.15) is 47.5 Å². The van der Waals surface area contributed by atoms with Gasteiger partial charge >= 0.3 is 11.9 Å². The van der Waals surface area contributed by atoms with Crippen LogP contribution >= 0.6 is 0 Å². The zero-order valence-electron chi connectivity index (χ0n) is 16.5. The molecule has 1 heterocycles. The molecule has 10 nitrogen and oxygen atoms in total. The summed E-state index contributed by atoms with van der Waals surface area (Å²) in [5.74, 6) is -5.18. The van der Waals surface area contributed by atoms with Crippen molar-refractivity contribution < 1.29 is 38.1 Å². The van der Waals surface area contributed by atoms with Crippen LogP contribution in [-0.4, -0.2) is 59.1 Å². The third kappa shape index (κ3) is 5.88. The van der Waals surface area contributed by atoms with E-state index in [0.29, 0.717) is 0 Å². The smallest absolute Gasteiger partial charge is 0.303 e. The number of ketones is 1. The minimum Gasteiger partial charge on any atom is -0.459 e. The van der Waals surface area contributed by atoms with Crippen molar-refractivity contribution in [3.63, 3.8) is 0 Å². The van der Waals surface area contributed by atoms with Gasteiger partial charge in [0.2, 0.25) is 0 Å². The van der Waals surface area contributed by atoms with E-state index in [9.17, 15) is 23.9 Å². The van der Waals surface area contributed by atoms with Crippen LogP contribution in [0.2, 0.25) is 0 Å². The van der Waals surface area contributed by atoms with Crippen LogP contribution < -0.4 is 0 Å². The molecular formula is C17H26FN3O7. The second-order valence-electron chi connectivity index (χ2n) is 6.93. The molecule has 1 aliphatic heterocycles. The molecule has 2 unspecified atom stereocenters. The number of hydrogen-bond donors (Lipinski definition) is 1. The first-order chi connectivity index (χ1) is 12.9. The number of ether oxygens (including phenoxy) is 3. The van der Waals surface area contributed by atoms with Gasteiger partial charge in [-0.15, -0.1) is 0 Å². The summed E-state index contributed by atoms with van der Waals surface area (Å²) in [6.07, 6.45) is -5.70. The Kier molecular flexibility index (Phi) is 8.34. The monoisotopic (exact) mass is 403 g/mol. The molecule has 0 aromatic carbocycles. The minimum atomic E-state index is -2.39. The predicted molar refractivity (Wildman–Crippen MR) is 93.5 cm³/mol. The molecule has 1 aliphatic rings. The second kappa shape index (κ2) is 9.81. The van der Waals surface area contributed by atoms with Gasteiger partial charge in [-0.1, -0.05) is 12.0 Å². The molecule has 0 saturated carbocycles. The molecule has 0 aliphatic carbocycles. The summed E-state index contributed by atoms with van der Waals surface area (Å²) in [6, 6.07) is -1.46. The van der Waals surface area contributed by atoms with Crippen molar-refractivity contribution in [2.45, 2.75) is 83.8 Å². The Morgan fingerprint density at radius 2 is 1.86 bits per heavy atom. The van der Waals surface area contributed by atoms with Crippen LogP contribution in [0, 0.1) is 5.92 Å². The average molecular weight is 403 g/mol. The Hall–Kier alpha value is -2.23. The number of alkyl halides is 1. The van der Waals surface area contributed by atoms with Gasteiger partial charge in [-0.2, -0.15) is 0 Å². The van der Waals surface area contributed by atoms with E-state index in [0.717, 1.165) is 13.8 Å². The fraction of sp³-hybridized carbons (Fsp3) is 0.824. The maximum atomic E-state index is 14.8. The normalized spacial score (nSPS) is 31.8. The van der Waals surface area contributed by atoms with E-state index in [-0.39, 0.29) is 18.6 Å². The molecule has 1 N–H and O–H groups in total. The number of carbonyl (C=O) groups is 3.